The summed E-state index contributed by atoms with van der Waals surface area (Å²) in [6, 6.07) is 12.2. The number of rotatable bonds is 4. The zero-order valence-corrected chi connectivity index (χ0v) is 11.9. The molecule has 2 rings (SSSR count). The third-order valence-electron chi connectivity index (χ3n) is 2.69. The summed E-state index contributed by atoms with van der Waals surface area (Å²) >= 11 is 0. The summed E-state index contributed by atoms with van der Waals surface area (Å²) < 4.78 is 17.6. The molecule has 0 fully saturated rings. The molecule has 4 nitrogen and oxygen atoms in total. The second kappa shape index (κ2) is 8.42. The Morgan fingerprint density at radius 2 is 2.05 bits per heavy atom. The van der Waals surface area contributed by atoms with Gasteiger partial charge in [0.05, 0.1) is 0 Å². The highest BCUT2D eigenvalue weighted by atomic mass is 19.1. The molecule has 22 heavy (non-hydrogen) atoms. The fraction of sp³-hybridized carbons (Fsp3) is 0.176. The molecule has 112 valence electrons. The van der Waals surface area contributed by atoms with Gasteiger partial charge in [-0.2, -0.15) is 4.39 Å². The second-order valence-corrected chi connectivity index (χ2v) is 4.41. The van der Waals surface area contributed by atoms with Crippen LogP contribution in [0.4, 0.5) is 9.18 Å². The van der Waals surface area contributed by atoms with E-state index in [0.717, 1.165) is 5.56 Å². The molecular weight excluding hydrogens is 283 g/mol. The van der Waals surface area contributed by atoms with Crippen molar-refractivity contribution in [3.8, 4) is 11.8 Å². The van der Waals surface area contributed by atoms with Crippen LogP contribution in [0, 0.1) is 17.8 Å². The van der Waals surface area contributed by atoms with Gasteiger partial charge in [0.15, 0.2) is 0 Å². The first-order valence-corrected chi connectivity index (χ1v) is 6.79. The number of alkyl carbamates (subject to hydrolysis) is 1. The number of carbonyl (C=O) groups is 1. The summed E-state index contributed by atoms with van der Waals surface area (Å²) in [6.07, 6.45) is 1.36. The fourth-order valence-corrected chi connectivity index (χ4v) is 1.62. The van der Waals surface area contributed by atoms with E-state index in [0.29, 0.717) is 18.5 Å². The monoisotopic (exact) mass is 298 g/mol. The average Bonchev–Trinajstić information content (AvgIpc) is 2.55. The zero-order chi connectivity index (χ0) is 15.6. The molecule has 0 radical (unpaired) electrons. The smallest absolute Gasteiger partial charge is 0.407 e. The van der Waals surface area contributed by atoms with Crippen molar-refractivity contribution in [1.29, 1.82) is 0 Å². The van der Waals surface area contributed by atoms with Crippen molar-refractivity contribution in [2.45, 2.75) is 13.0 Å². The molecule has 0 saturated heterocycles. The molecule has 0 atom stereocenters. The Morgan fingerprint density at radius 3 is 2.77 bits per heavy atom. The molecular formula is C17H15FN2O2. The summed E-state index contributed by atoms with van der Waals surface area (Å²) in [4.78, 5) is 15.0. The van der Waals surface area contributed by atoms with E-state index in [1.807, 2.05) is 30.3 Å². The molecule has 0 aliphatic rings. The van der Waals surface area contributed by atoms with Crippen molar-refractivity contribution in [3.63, 3.8) is 0 Å². The van der Waals surface area contributed by atoms with E-state index in [4.69, 9.17) is 4.74 Å². The number of carbonyl (C=O) groups excluding carboxylic acids is 1. The largest absolute Gasteiger partial charge is 0.445 e. The Kier molecular flexibility index (Phi) is 5.94. The van der Waals surface area contributed by atoms with Crippen LogP contribution in [-0.4, -0.2) is 17.6 Å². The van der Waals surface area contributed by atoms with Crippen LogP contribution >= 0.6 is 0 Å². The van der Waals surface area contributed by atoms with Crippen molar-refractivity contribution in [3.05, 3.63) is 65.7 Å². The van der Waals surface area contributed by atoms with E-state index in [9.17, 15) is 9.18 Å². The molecule has 2 aromatic rings. The number of nitrogens with zero attached hydrogens (tertiary/aromatic N) is 1. The number of ether oxygens (including phenoxy) is 1. The van der Waals surface area contributed by atoms with E-state index in [1.54, 1.807) is 6.07 Å². The molecule has 1 aromatic carbocycles. The van der Waals surface area contributed by atoms with E-state index in [1.165, 1.54) is 12.3 Å². The Morgan fingerprint density at radius 1 is 1.23 bits per heavy atom. The molecule has 0 aliphatic carbocycles. The number of benzene rings is 1. The predicted molar refractivity (Wildman–Crippen MR) is 80.3 cm³/mol. The van der Waals surface area contributed by atoms with Gasteiger partial charge in [-0.05, 0) is 17.7 Å². The molecule has 5 heteroatoms. The van der Waals surface area contributed by atoms with Gasteiger partial charge in [0.2, 0.25) is 5.95 Å². The molecule has 1 aromatic heterocycles. The predicted octanol–water partition coefficient (Wildman–Crippen LogP) is 2.89. The van der Waals surface area contributed by atoms with E-state index < -0.39 is 12.0 Å². The van der Waals surface area contributed by atoms with Gasteiger partial charge in [-0.1, -0.05) is 42.2 Å². The maximum atomic E-state index is 12.6. The summed E-state index contributed by atoms with van der Waals surface area (Å²) in [7, 11) is 0. The van der Waals surface area contributed by atoms with Crippen LogP contribution in [0.25, 0.3) is 0 Å². The molecule has 1 amide bonds. The lowest BCUT2D eigenvalue weighted by Crippen LogP contribution is -2.24. The summed E-state index contributed by atoms with van der Waals surface area (Å²) in [5, 5.41) is 2.61. The first-order chi connectivity index (χ1) is 10.7. The van der Waals surface area contributed by atoms with Gasteiger partial charge in [0.1, 0.15) is 6.61 Å². The standard InChI is InChI=1S/C17H15FN2O2/c18-16-10-9-14(12-20-16)6-4-5-11-19-17(21)22-13-15-7-2-1-3-8-15/h1-3,7-10,12H,5,11,13H2,(H,19,21). The zero-order valence-electron chi connectivity index (χ0n) is 11.9. The third-order valence-corrected chi connectivity index (χ3v) is 2.69. The maximum Gasteiger partial charge on any atom is 0.407 e. The van der Waals surface area contributed by atoms with Crippen molar-refractivity contribution in [2.75, 3.05) is 6.54 Å². The molecule has 0 saturated carbocycles. The second-order valence-electron chi connectivity index (χ2n) is 4.41. The van der Waals surface area contributed by atoms with Gasteiger partial charge in [0.25, 0.3) is 0 Å². The number of halogens is 1. The van der Waals surface area contributed by atoms with Gasteiger partial charge < -0.3 is 10.1 Å². The van der Waals surface area contributed by atoms with Gasteiger partial charge in [-0.3, -0.25) is 0 Å². The molecule has 1 heterocycles. The van der Waals surface area contributed by atoms with E-state index >= 15 is 0 Å². The van der Waals surface area contributed by atoms with Gasteiger partial charge >= 0.3 is 6.09 Å². The topological polar surface area (TPSA) is 51.2 Å². The average molecular weight is 298 g/mol. The SMILES string of the molecule is O=C(NCCC#Cc1ccc(F)nc1)OCc1ccccc1. The molecule has 0 unspecified atom stereocenters. The van der Waals surface area contributed by atoms with Crippen molar-refractivity contribution in [1.82, 2.24) is 10.3 Å². The van der Waals surface area contributed by atoms with E-state index in [-0.39, 0.29) is 6.61 Å². The van der Waals surface area contributed by atoms with Crippen LogP contribution in [0.2, 0.25) is 0 Å². The third kappa shape index (κ3) is 5.63. The molecule has 0 bridgehead atoms. The van der Waals surface area contributed by atoms with Crippen LogP contribution < -0.4 is 5.32 Å². The highest BCUT2D eigenvalue weighted by molar-refractivity contribution is 5.67. The number of pyridine rings is 1. The fourth-order valence-electron chi connectivity index (χ4n) is 1.62. The number of aromatic nitrogens is 1. The van der Waals surface area contributed by atoms with Crippen molar-refractivity contribution < 1.29 is 13.9 Å². The summed E-state index contributed by atoms with van der Waals surface area (Å²) in [6.45, 7) is 0.620. The minimum absolute atomic E-state index is 0.236. The number of hydrogen-bond acceptors (Lipinski definition) is 3. The quantitative estimate of drug-likeness (QED) is 0.536. The van der Waals surface area contributed by atoms with Crippen molar-refractivity contribution >= 4 is 6.09 Å². The Balaban J connectivity index is 1.64. The lowest BCUT2D eigenvalue weighted by atomic mass is 10.2. The Labute approximate surface area is 128 Å². The summed E-state index contributed by atoms with van der Waals surface area (Å²) in [5.74, 6) is 5.17. The Bertz CT molecular complexity index is 661. The normalized spacial score (nSPS) is 9.50. The maximum absolute atomic E-state index is 12.6. The van der Waals surface area contributed by atoms with Crippen LogP contribution in [-0.2, 0) is 11.3 Å². The van der Waals surface area contributed by atoms with Crippen LogP contribution in [0.1, 0.15) is 17.5 Å². The lowest BCUT2D eigenvalue weighted by Gasteiger charge is -2.05. The lowest BCUT2D eigenvalue weighted by molar-refractivity contribution is 0.140. The van der Waals surface area contributed by atoms with Gasteiger partial charge in [0, 0.05) is 24.7 Å². The number of amides is 1. The van der Waals surface area contributed by atoms with Crippen LogP contribution in [0.15, 0.2) is 48.7 Å². The van der Waals surface area contributed by atoms with Gasteiger partial charge in [-0.15, -0.1) is 0 Å². The van der Waals surface area contributed by atoms with Crippen LogP contribution in [0.3, 0.4) is 0 Å². The minimum Gasteiger partial charge on any atom is -0.445 e. The van der Waals surface area contributed by atoms with Crippen molar-refractivity contribution in [2.24, 2.45) is 0 Å². The molecule has 0 spiro atoms. The first kappa shape index (κ1) is 15.5. The minimum atomic E-state index is -0.534. The highest BCUT2D eigenvalue weighted by Gasteiger charge is 2.00. The molecule has 1 N–H and O–H groups in total. The van der Waals surface area contributed by atoms with Gasteiger partial charge in [-0.25, -0.2) is 9.78 Å². The number of nitrogens with one attached hydrogen (secondary N) is 1. The highest BCUT2D eigenvalue weighted by Crippen LogP contribution is 2.00. The number of hydrogen-bond donors (Lipinski definition) is 1. The van der Waals surface area contributed by atoms with Crippen LogP contribution in [0.5, 0.6) is 0 Å². The van der Waals surface area contributed by atoms with E-state index in [2.05, 4.69) is 22.1 Å². The first-order valence-electron chi connectivity index (χ1n) is 6.79. The molecule has 0 aliphatic heterocycles. The summed E-state index contributed by atoms with van der Waals surface area (Å²) in [5.41, 5.74) is 1.56. The Hall–Kier alpha value is -2.87.